The van der Waals surface area contributed by atoms with Crippen molar-refractivity contribution in [3.63, 3.8) is 0 Å². The molecule has 0 unspecified atom stereocenters. The standard InChI is InChI=1S/C13H13BrClN3O2S/c1-18(8-9-4-2-3-5-11(9)14)21(19,20)10-6-12(15)13(16)17-7-10/h2-7H,8H2,1H3,(H2,16,17). The van der Waals surface area contributed by atoms with E-state index in [1.54, 1.807) is 0 Å². The molecule has 2 rings (SSSR count). The van der Waals surface area contributed by atoms with E-state index in [1.807, 2.05) is 24.3 Å². The van der Waals surface area contributed by atoms with E-state index in [-0.39, 0.29) is 22.3 Å². The minimum atomic E-state index is -3.68. The van der Waals surface area contributed by atoms with Crippen LogP contribution in [0.3, 0.4) is 0 Å². The second kappa shape index (κ2) is 6.31. The van der Waals surface area contributed by atoms with Crippen LogP contribution in [0.4, 0.5) is 5.82 Å². The molecule has 0 saturated carbocycles. The molecule has 2 aromatic rings. The smallest absolute Gasteiger partial charge is 0.244 e. The van der Waals surface area contributed by atoms with Gasteiger partial charge in [0, 0.05) is 24.3 Å². The van der Waals surface area contributed by atoms with Crippen LogP contribution in [-0.2, 0) is 16.6 Å². The average molecular weight is 391 g/mol. The predicted molar refractivity (Wildman–Crippen MR) is 86.5 cm³/mol. The summed E-state index contributed by atoms with van der Waals surface area (Å²) in [6, 6.07) is 8.73. The number of benzene rings is 1. The van der Waals surface area contributed by atoms with Crippen LogP contribution in [0.2, 0.25) is 5.02 Å². The molecule has 2 N–H and O–H groups in total. The van der Waals surface area contributed by atoms with E-state index >= 15 is 0 Å². The van der Waals surface area contributed by atoms with Gasteiger partial charge in [-0.25, -0.2) is 13.4 Å². The van der Waals surface area contributed by atoms with Crippen molar-refractivity contribution in [1.82, 2.24) is 9.29 Å². The maximum Gasteiger partial charge on any atom is 0.244 e. The van der Waals surface area contributed by atoms with Gasteiger partial charge in [0.25, 0.3) is 0 Å². The first-order chi connectivity index (χ1) is 9.82. The Labute approximate surface area is 136 Å². The third kappa shape index (κ3) is 3.55. The van der Waals surface area contributed by atoms with Crippen molar-refractivity contribution in [1.29, 1.82) is 0 Å². The molecular weight excluding hydrogens is 378 g/mol. The molecule has 0 spiro atoms. The second-order valence-electron chi connectivity index (χ2n) is 4.39. The lowest BCUT2D eigenvalue weighted by atomic mass is 10.2. The third-order valence-electron chi connectivity index (χ3n) is 2.90. The Balaban J connectivity index is 2.30. The molecule has 0 aliphatic carbocycles. The average Bonchev–Trinajstić information content (AvgIpc) is 2.44. The Morgan fingerprint density at radius 1 is 1.38 bits per heavy atom. The van der Waals surface area contributed by atoms with E-state index in [9.17, 15) is 8.42 Å². The molecule has 0 bridgehead atoms. The lowest BCUT2D eigenvalue weighted by Gasteiger charge is -2.18. The summed E-state index contributed by atoms with van der Waals surface area (Å²) in [5.74, 6) is 0.101. The van der Waals surface area contributed by atoms with Crippen molar-refractivity contribution in [2.75, 3.05) is 12.8 Å². The van der Waals surface area contributed by atoms with Gasteiger partial charge in [-0.1, -0.05) is 45.7 Å². The number of pyridine rings is 1. The molecular formula is C13H13BrClN3O2S. The summed E-state index contributed by atoms with van der Waals surface area (Å²) < 4.78 is 27.0. The van der Waals surface area contributed by atoms with Crippen molar-refractivity contribution in [2.45, 2.75) is 11.4 Å². The largest absolute Gasteiger partial charge is 0.382 e. The number of rotatable bonds is 4. The van der Waals surface area contributed by atoms with Gasteiger partial charge in [-0.3, -0.25) is 0 Å². The Hall–Kier alpha value is -1.15. The van der Waals surface area contributed by atoms with Gasteiger partial charge in [0.05, 0.1) is 5.02 Å². The Morgan fingerprint density at radius 3 is 2.67 bits per heavy atom. The number of halogens is 2. The number of hydrogen-bond donors (Lipinski definition) is 1. The zero-order valence-corrected chi connectivity index (χ0v) is 14.3. The highest BCUT2D eigenvalue weighted by Gasteiger charge is 2.22. The molecule has 0 saturated heterocycles. The summed E-state index contributed by atoms with van der Waals surface area (Å²) in [4.78, 5) is 3.79. The topological polar surface area (TPSA) is 76.3 Å². The minimum Gasteiger partial charge on any atom is -0.382 e. The van der Waals surface area contributed by atoms with Gasteiger partial charge in [-0.2, -0.15) is 4.31 Å². The number of nitrogens with zero attached hydrogens (tertiary/aromatic N) is 2. The van der Waals surface area contributed by atoms with Crippen molar-refractivity contribution in [2.24, 2.45) is 0 Å². The Morgan fingerprint density at radius 2 is 2.05 bits per heavy atom. The first-order valence-corrected chi connectivity index (χ1v) is 8.54. The second-order valence-corrected chi connectivity index (χ2v) is 7.70. The Bertz CT molecular complexity index is 768. The van der Waals surface area contributed by atoms with Crippen LogP contribution in [0.1, 0.15) is 5.56 Å². The molecule has 1 aromatic heterocycles. The summed E-state index contributed by atoms with van der Waals surface area (Å²) >= 11 is 9.23. The fourth-order valence-corrected chi connectivity index (χ4v) is 3.47. The van der Waals surface area contributed by atoms with Crippen LogP contribution in [0.5, 0.6) is 0 Å². The highest BCUT2D eigenvalue weighted by Crippen LogP contribution is 2.24. The van der Waals surface area contributed by atoms with Crippen LogP contribution >= 0.6 is 27.5 Å². The molecule has 0 radical (unpaired) electrons. The van der Waals surface area contributed by atoms with E-state index in [0.717, 1.165) is 10.0 Å². The lowest BCUT2D eigenvalue weighted by Crippen LogP contribution is -2.26. The zero-order valence-electron chi connectivity index (χ0n) is 11.1. The SMILES string of the molecule is CN(Cc1ccccc1Br)S(=O)(=O)c1cnc(N)c(Cl)c1. The first-order valence-electron chi connectivity index (χ1n) is 5.93. The summed E-state index contributed by atoms with van der Waals surface area (Å²) in [6.07, 6.45) is 1.20. The number of nitrogens with two attached hydrogens (primary N) is 1. The van der Waals surface area contributed by atoms with Crippen molar-refractivity contribution in [3.05, 3.63) is 51.6 Å². The van der Waals surface area contributed by atoms with Crippen LogP contribution in [-0.4, -0.2) is 24.8 Å². The number of anilines is 1. The molecule has 21 heavy (non-hydrogen) atoms. The molecule has 0 fully saturated rings. The van der Waals surface area contributed by atoms with Gasteiger partial charge in [-0.15, -0.1) is 0 Å². The molecule has 0 atom stereocenters. The van der Waals surface area contributed by atoms with Crippen LogP contribution in [0, 0.1) is 0 Å². The lowest BCUT2D eigenvalue weighted by molar-refractivity contribution is 0.466. The molecule has 1 aromatic carbocycles. The van der Waals surface area contributed by atoms with Crippen LogP contribution < -0.4 is 5.73 Å². The summed E-state index contributed by atoms with van der Waals surface area (Å²) in [7, 11) is -2.18. The number of nitrogen functional groups attached to an aromatic ring is 1. The van der Waals surface area contributed by atoms with Crippen molar-refractivity contribution >= 4 is 43.4 Å². The molecule has 1 heterocycles. The van der Waals surface area contributed by atoms with Gasteiger partial charge in [0.2, 0.25) is 10.0 Å². The number of sulfonamides is 1. The highest BCUT2D eigenvalue weighted by molar-refractivity contribution is 9.10. The molecule has 5 nitrogen and oxygen atoms in total. The summed E-state index contributed by atoms with van der Waals surface area (Å²) in [6.45, 7) is 0.228. The summed E-state index contributed by atoms with van der Waals surface area (Å²) in [5.41, 5.74) is 6.35. The molecule has 8 heteroatoms. The third-order valence-corrected chi connectivity index (χ3v) is 5.75. The van der Waals surface area contributed by atoms with Crippen LogP contribution in [0.25, 0.3) is 0 Å². The zero-order chi connectivity index (χ0) is 15.6. The van der Waals surface area contributed by atoms with E-state index in [0.29, 0.717) is 0 Å². The normalized spacial score (nSPS) is 11.8. The molecule has 0 aliphatic rings. The fourth-order valence-electron chi connectivity index (χ4n) is 1.70. The van der Waals surface area contributed by atoms with Gasteiger partial charge in [-0.05, 0) is 17.7 Å². The fraction of sp³-hybridized carbons (Fsp3) is 0.154. The Kier molecular flexibility index (Phi) is 4.88. The number of aromatic nitrogens is 1. The molecule has 0 aliphatic heterocycles. The molecule has 0 amide bonds. The van der Waals surface area contributed by atoms with E-state index in [1.165, 1.54) is 23.6 Å². The minimum absolute atomic E-state index is 0.0104. The van der Waals surface area contributed by atoms with Gasteiger partial charge >= 0.3 is 0 Å². The van der Waals surface area contributed by atoms with E-state index < -0.39 is 10.0 Å². The van der Waals surface area contributed by atoms with E-state index in [2.05, 4.69) is 20.9 Å². The van der Waals surface area contributed by atoms with Gasteiger partial charge in [0.15, 0.2) is 0 Å². The first kappa shape index (κ1) is 16.2. The maximum atomic E-state index is 12.5. The monoisotopic (exact) mass is 389 g/mol. The quantitative estimate of drug-likeness (QED) is 0.871. The van der Waals surface area contributed by atoms with Crippen LogP contribution in [0.15, 0.2) is 45.9 Å². The van der Waals surface area contributed by atoms with E-state index in [4.69, 9.17) is 17.3 Å². The van der Waals surface area contributed by atoms with Crippen molar-refractivity contribution < 1.29 is 8.42 Å². The highest BCUT2D eigenvalue weighted by atomic mass is 79.9. The van der Waals surface area contributed by atoms with Crippen molar-refractivity contribution in [3.8, 4) is 0 Å². The maximum absolute atomic E-state index is 12.5. The predicted octanol–water partition coefficient (Wildman–Crippen LogP) is 2.90. The number of hydrogen-bond acceptors (Lipinski definition) is 4. The molecule has 112 valence electrons. The van der Waals surface area contributed by atoms with Gasteiger partial charge < -0.3 is 5.73 Å². The van der Waals surface area contributed by atoms with Gasteiger partial charge in [0.1, 0.15) is 10.7 Å². The summed E-state index contributed by atoms with van der Waals surface area (Å²) in [5, 5.41) is 0.116.